The van der Waals surface area contributed by atoms with Crippen LogP contribution in [-0.2, 0) is 0 Å². The molecule has 2 aromatic rings. The van der Waals surface area contributed by atoms with Gasteiger partial charge in [0, 0.05) is 16.4 Å². The van der Waals surface area contributed by atoms with E-state index in [-0.39, 0.29) is 5.91 Å². The van der Waals surface area contributed by atoms with Crippen molar-refractivity contribution in [2.45, 2.75) is 6.92 Å². The number of benzene rings is 2. The lowest BCUT2D eigenvalue weighted by molar-refractivity contribution is -0.898. The number of hydrogen-bond acceptors (Lipinski definition) is 2. The number of likely N-dealkylation sites (N-methyl/N-ethyl adjacent to an activating group) is 1. The van der Waals surface area contributed by atoms with Gasteiger partial charge in [0.05, 0.1) is 43.3 Å². The maximum absolute atomic E-state index is 12.4. The normalized spacial score (nSPS) is 15.2. The fraction of sp³-hybridized carbons (Fsp3) is 0.316. The SMILES string of the molecule is CC[NH+]1CCN(c2ccc(NC(=O)c3ccc(Cl)cc3Cl)cc2)CC1. The average molecular weight is 379 g/mol. The molecule has 1 amide bonds. The topological polar surface area (TPSA) is 36.8 Å². The molecule has 0 saturated carbocycles. The van der Waals surface area contributed by atoms with Gasteiger partial charge in [0.25, 0.3) is 5.91 Å². The molecule has 25 heavy (non-hydrogen) atoms. The molecule has 132 valence electrons. The second-order valence-electron chi connectivity index (χ2n) is 6.22. The van der Waals surface area contributed by atoms with Crippen LogP contribution in [0.1, 0.15) is 17.3 Å². The number of nitrogens with zero attached hydrogens (tertiary/aromatic N) is 1. The first-order valence-corrected chi connectivity index (χ1v) is 9.27. The molecular weight excluding hydrogens is 357 g/mol. The lowest BCUT2D eigenvalue weighted by Crippen LogP contribution is -3.14. The molecule has 1 saturated heterocycles. The molecule has 2 N–H and O–H groups in total. The maximum atomic E-state index is 12.4. The second kappa shape index (κ2) is 8.09. The first kappa shape index (κ1) is 18.1. The predicted molar refractivity (Wildman–Crippen MR) is 104 cm³/mol. The van der Waals surface area contributed by atoms with E-state index in [0.717, 1.165) is 18.8 Å². The molecule has 3 rings (SSSR count). The van der Waals surface area contributed by atoms with Crippen molar-refractivity contribution in [1.82, 2.24) is 0 Å². The van der Waals surface area contributed by atoms with Crippen molar-refractivity contribution < 1.29 is 9.69 Å². The van der Waals surface area contributed by atoms with Crippen LogP contribution in [0, 0.1) is 0 Å². The van der Waals surface area contributed by atoms with E-state index in [1.807, 2.05) is 12.1 Å². The van der Waals surface area contributed by atoms with Crippen LogP contribution in [0.15, 0.2) is 42.5 Å². The van der Waals surface area contributed by atoms with Crippen LogP contribution >= 0.6 is 23.2 Å². The molecule has 1 fully saturated rings. The van der Waals surface area contributed by atoms with Gasteiger partial charge < -0.3 is 15.1 Å². The molecule has 0 aliphatic carbocycles. The van der Waals surface area contributed by atoms with Crippen molar-refractivity contribution in [3.05, 3.63) is 58.1 Å². The maximum Gasteiger partial charge on any atom is 0.257 e. The molecule has 0 spiro atoms. The van der Waals surface area contributed by atoms with Crippen LogP contribution in [0.25, 0.3) is 0 Å². The number of carbonyl (C=O) groups is 1. The molecule has 1 aliphatic heterocycles. The summed E-state index contributed by atoms with van der Waals surface area (Å²) in [6.45, 7) is 7.89. The Kier molecular flexibility index (Phi) is 5.84. The fourth-order valence-electron chi connectivity index (χ4n) is 3.06. The molecule has 0 atom stereocenters. The first-order valence-electron chi connectivity index (χ1n) is 8.52. The molecule has 2 aromatic carbocycles. The lowest BCUT2D eigenvalue weighted by Gasteiger charge is -2.33. The Morgan fingerprint density at radius 1 is 1.12 bits per heavy atom. The van der Waals surface area contributed by atoms with Crippen molar-refractivity contribution in [1.29, 1.82) is 0 Å². The summed E-state index contributed by atoms with van der Waals surface area (Å²) in [5.41, 5.74) is 2.35. The molecule has 0 aromatic heterocycles. The number of halogens is 2. The molecule has 4 nitrogen and oxygen atoms in total. The Morgan fingerprint density at radius 2 is 1.80 bits per heavy atom. The summed E-state index contributed by atoms with van der Waals surface area (Å²) in [4.78, 5) is 16.4. The van der Waals surface area contributed by atoms with Crippen LogP contribution < -0.4 is 15.1 Å². The number of piperazine rings is 1. The number of anilines is 2. The molecule has 0 radical (unpaired) electrons. The molecule has 1 aliphatic rings. The summed E-state index contributed by atoms with van der Waals surface area (Å²) in [6, 6.07) is 12.8. The predicted octanol–water partition coefficient (Wildman–Crippen LogP) is 2.97. The number of amides is 1. The van der Waals surface area contributed by atoms with Gasteiger partial charge in [-0.1, -0.05) is 23.2 Å². The highest BCUT2D eigenvalue weighted by Gasteiger charge is 2.18. The van der Waals surface area contributed by atoms with Gasteiger partial charge in [0.15, 0.2) is 0 Å². The Balaban J connectivity index is 1.63. The summed E-state index contributed by atoms with van der Waals surface area (Å²) in [5, 5.41) is 3.73. The van der Waals surface area contributed by atoms with E-state index >= 15 is 0 Å². The van der Waals surface area contributed by atoms with Gasteiger partial charge in [-0.25, -0.2) is 0 Å². The third-order valence-electron chi connectivity index (χ3n) is 4.64. The van der Waals surface area contributed by atoms with Gasteiger partial charge in [-0.05, 0) is 49.4 Å². The van der Waals surface area contributed by atoms with Crippen LogP contribution in [-0.4, -0.2) is 38.6 Å². The van der Waals surface area contributed by atoms with Crippen molar-refractivity contribution >= 4 is 40.5 Å². The molecule has 0 unspecified atom stereocenters. The Bertz CT molecular complexity index is 741. The van der Waals surface area contributed by atoms with Crippen molar-refractivity contribution in [2.24, 2.45) is 0 Å². The van der Waals surface area contributed by atoms with Gasteiger partial charge >= 0.3 is 0 Å². The summed E-state index contributed by atoms with van der Waals surface area (Å²) in [5.74, 6) is -0.241. The van der Waals surface area contributed by atoms with Crippen LogP contribution in [0.2, 0.25) is 10.0 Å². The van der Waals surface area contributed by atoms with Crippen molar-refractivity contribution in [3.8, 4) is 0 Å². The minimum Gasteiger partial charge on any atom is -0.360 e. The number of rotatable bonds is 4. The highest BCUT2D eigenvalue weighted by molar-refractivity contribution is 6.37. The van der Waals surface area contributed by atoms with Crippen molar-refractivity contribution in [3.63, 3.8) is 0 Å². The van der Waals surface area contributed by atoms with E-state index < -0.39 is 0 Å². The highest BCUT2D eigenvalue weighted by Crippen LogP contribution is 2.23. The summed E-state index contributed by atoms with van der Waals surface area (Å²) < 4.78 is 0. The quantitative estimate of drug-likeness (QED) is 0.857. The number of hydrogen-bond donors (Lipinski definition) is 2. The summed E-state index contributed by atoms with van der Waals surface area (Å²) in [6.07, 6.45) is 0. The van der Waals surface area contributed by atoms with Crippen LogP contribution in [0.5, 0.6) is 0 Å². The zero-order valence-corrected chi connectivity index (χ0v) is 15.7. The van der Waals surface area contributed by atoms with Gasteiger partial charge in [-0.3, -0.25) is 4.79 Å². The number of quaternary nitrogens is 1. The average Bonchev–Trinajstić information content (AvgIpc) is 2.62. The standard InChI is InChI=1S/C19H21Cl2N3O/c1-2-23-9-11-24(12-10-23)16-6-4-15(5-7-16)22-19(25)17-8-3-14(20)13-18(17)21/h3-8,13H,2,9-12H2,1H3,(H,22,25)/p+1. The molecule has 0 bridgehead atoms. The third kappa shape index (κ3) is 4.46. The van der Waals surface area contributed by atoms with E-state index in [0.29, 0.717) is 15.6 Å². The fourth-order valence-corrected chi connectivity index (χ4v) is 3.56. The van der Waals surface area contributed by atoms with Crippen LogP contribution in [0.4, 0.5) is 11.4 Å². The number of nitrogens with one attached hydrogen (secondary N) is 2. The number of carbonyl (C=O) groups excluding carboxylic acids is 1. The Hall–Kier alpha value is -1.75. The van der Waals surface area contributed by atoms with Gasteiger partial charge in [-0.2, -0.15) is 0 Å². The zero-order valence-electron chi connectivity index (χ0n) is 14.2. The van der Waals surface area contributed by atoms with E-state index in [1.165, 1.54) is 25.3 Å². The molecule has 1 heterocycles. The summed E-state index contributed by atoms with van der Waals surface area (Å²) in [7, 11) is 0. The third-order valence-corrected chi connectivity index (χ3v) is 5.18. The second-order valence-corrected chi connectivity index (χ2v) is 7.06. The Morgan fingerprint density at radius 3 is 2.40 bits per heavy atom. The lowest BCUT2D eigenvalue weighted by atomic mass is 10.2. The zero-order chi connectivity index (χ0) is 17.8. The first-order chi connectivity index (χ1) is 12.1. The van der Waals surface area contributed by atoms with Gasteiger partial charge in [0.2, 0.25) is 0 Å². The minimum absolute atomic E-state index is 0.241. The van der Waals surface area contributed by atoms with E-state index in [9.17, 15) is 4.79 Å². The van der Waals surface area contributed by atoms with Gasteiger partial charge in [0.1, 0.15) is 0 Å². The monoisotopic (exact) mass is 378 g/mol. The van der Waals surface area contributed by atoms with E-state index in [1.54, 1.807) is 23.1 Å². The minimum atomic E-state index is -0.241. The van der Waals surface area contributed by atoms with E-state index in [2.05, 4.69) is 29.3 Å². The van der Waals surface area contributed by atoms with E-state index in [4.69, 9.17) is 23.2 Å². The largest absolute Gasteiger partial charge is 0.360 e. The van der Waals surface area contributed by atoms with Crippen LogP contribution in [0.3, 0.4) is 0 Å². The Labute approximate surface area is 158 Å². The van der Waals surface area contributed by atoms with Gasteiger partial charge in [-0.15, -0.1) is 0 Å². The highest BCUT2D eigenvalue weighted by atomic mass is 35.5. The smallest absolute Gasteiger partial charge is 0.257 e. The molecule has 6 heteroatoms. The van der Waals surface area contributed by atoms with Crippen molar-refractivity contribution in [2.75, 3.05) is 42.9 Å². The summed E-state index contributed by atoms with van der Waals surface area (Å²) >= 11 is 12.0. The molecular formula is C19H22Cl2N3O+.